The van der Waals surface area contributed by atoms with Gasteiger partial charge in [-0.05, 0) is 31.2 Å². The van der Waals surface area contributed by atoms with Gasteiger partial charge in [-0.2, -0.15) is 5.10 Å². The van der Waals surface area contributed by atoms with E-state index >= 15 is 0 Å². The van der Waals surface area contributed by atoms with E-state index in [1.165, 1.54) is 0 Å². The maximum atomic E-state index is 5.99. The van der Waals surface area contributed by atoms with Crippen LogP contribution in [0.1, 0.15) is 5.69 Å². The van der Waals surface area contributed by atoms with E-state index in [0.717, 1.165) is 11.4 Å². The van der Waals surface area contributed by atoms with Gasteiger partial charge in [-0.3, -0.25) is 0 Å². The van der Waals surface area contributed by atoms with Crippen LogP contribution in [0.15, 0.2) is 30.3 Å². The fraction of sp³-hybridized carbons (Fsp3) is 0.100. The van der Waals surface area contributed by atoms with Crippen LogP contribution in [-0.4, -0.2) is 9.78 Å². The first kappa shape index (κ1) is 9.56. The van der Waals surface area contributed by atoms with Crippen molar-refractivity contribution >= 4 is 23.2 Å². The Balaban J connectivity index is 2.54. The monoisotopic (exact) mass is 226 g/mol. The summed E-state index contributed by atoms with van der Waals surface area (Å²) in [7, 11) is 0. The molecule has 0 atom stereocenters. The average Bonchev–Trinajstić information content (AvgIpc) is 2.45. The van der Waals surface area contributed by atoms with Crippen LogP contribution in [0.25, 0.3) is 5.69 Å². The smallest absolute Gasteiger partial charge is 0.133 e. The summed E-state index contributed by atoms with van der Waals surface area (Å²) in [5.74, 6) is 0. The van der Waals surface area contributed by atoms with E-state index in [1.54, 1.807) is 4.68 Å². The number of aryl methyl sites for hydroxylation is 1. The number of aromatic nitrogens is 2. The van der Waals surface area contributed by atoms with Gasteiger partial charge < -0.3 is 0 Å². The maximum absolute atomic E-state index is 5.99. The number of hydrogen-bond acceptors (Lipinski definition) is 1. The third-order valence-electron chi connectivity index (χ3n) is 1.84. The molecule has 2 aromatic rings. The second-order valence-electron chi connectivity index (χ2n) is 3.00. The Morgan fingerprint density at radius 1 is 1.21 bits per heavy atom. The zero-order valence-electron chi connectivity index (χ0n) is 7.54. The molecule has 72 valence electrons. The lowest BCUT2D eigenvalue weighted by Crippen LogP contribution is -1.96. The van der Waals surface area contributed by atoms with E-state index in [0.29, 0.717) is 10.2 Å². The van der Waals surface area contributed by atoms with Crippen molar-refractivity contribution in [2.75, 3.05) is 0 Å². The second kappa shape index (κ2) is 3.64. The molecule has 0 saturated heterocycles. The predicted octanol–water partition coefficient (Wildman–Crippen LogP) is 3.49. The third kappa shape index (κ3) is 1.76. The van der Waals surface area contributed by atoms with E-state index in [1.807, 2.05) is 37.3 Å². The van der Waals surface area contributed by atoms with Crippen molar-refractivity contribution in [3.63, 3.8) is 0 Å². The van der Waals surface area contributed by atoms with Crippen molar-refractivity contribution in [2.24, 2.45) is 0 Å². The molecular formula is C10H8Cl2N2. The summed E-state index contributed by atoms with van der Waals surface area (Å²) < 4.78 is 1.66. The third-order valence-corrected chi connectivity index (χ3v) is 2.35. The number of nitrogens with zero attached hydrogens (tertiary/aromatic N) is 2. The van der Waals surface area contributed by atoms with Crippen molar-refractivity contribution in [1.82, 2.24) is 9.78 Å². The Hall–Kier alpha value is -0.990. The van der Waals surface area contributed by atoms with E-state index in [4.69, 9.17) is 23.2 Å². The highest BCUT2D eigenvalue weighted by Crippen LogP contribution is 2.19. The molecule has 2 nitrogen and oxygen atoms in total. The molecule has 1 heterocycles. The molecule has 0 aliphatic heterocycles. The van der Waals surface area contributed by atoms with Crippen LogP contribution in [0, 0.1) is 6.92 Å². The Bertz CT molecular complexity index is 463. The number of halogens is 2. The van der Waals surface area contributed by atoms with Crippen molar-refractivity contribution in [3.8, 4) is 5.69 Å². The lowest BCUT2D eigenvalue weighted by Gasteiger charge is -2.02. The van der Waals surface area contributed by atoms with E-state index in [2.05, 4.69) is 5.10 Å². The molecule has 14 heavy (non-hydrogen) atoms. The van der Waals surface area contributed by atoms with E-state index in [-0.39, 0.29) is 0 Å². The zero-order valence-corrected chi connectivity index (χ0v) is 9.05. The van der Waals surface area contributed by atoms with Crippen LogP contribution >= 0.6 is 23.2 Å². The average molecular weight is 227 g/mol. The lowest BCUT2D eigenvalue weighted by molar-refractivity contribution is 0.863. The molecule has 0 N–H and O–H groups in total. The summed E-state index contributed by atoms with van der Waals surface area (Å²) in [6, 6.07) is 9.22. The number of hydrogen-bond donors (Lipinski definition) is 0. The highest BCUT2D eigenvalue weighted by atomic mass is 35.5. The van der Waals surface area contributed by atoms with Gasteiger partial charge in [0.25, 0.3) is 0 Å². The van der Waals surface area contributed by atoms with Crippen molar-refractivity contribution < 1.29 is 0 Å². The standard InChI is InChI=1S/C10H8Cl2N2/c1-7-5-10(12)14(13-7)9-4-2-3-8(11)6-9/h2-6H,1H3. The minimum absolute atomic E-state index is 0.588. The SMILES string of the molecule is Cc1cc(Cl)n(-c2cccc(Cl)c2)n1. The highest BCUT2D eigenvalue weighted by molar-refractivity contribution is 6.31. The number of rotatable bonds is 1. The van der Waals surface area contributed by atoms with Gasteiger partial charge in [0.15, 0.2) is 0 Å². The molecule has 4 heteroatoms. The first-order chi connectivity index (χ1) is 6.66. The maximum Gasteiger partial charge on any atom is 0.133 e. The Kier molecular flexibility index (Phi) is 2.48. The van der Waals surface area contributed by atoms with Crippen LogP contribution < -0.4 is 0 Å². The summed E-state index contributed by atoms with van der Waals surface area (Å²) in [6.45, 7) is 1.90. The fourth-order valence-electron chi connectivity index (χ4n) is 1.26. The van der Waals surface area contributed by atoms with Crippen molar-refractivity contribution in [2.45, 2.75) is 6.92 Å². The molecule has 0 aliphatic carbocycles. The first-order valence-corrected chi connectivity index (χ1v) is 4.90. The molecule has 1 aromatic heterocycles. The van der Waals surface area contributed by atoms with Crippen molar-refractivity contribution in [1.29, 1.82) is 0 Å². The summed E-state index contributed by atoms with van der Waals surface area (Å²) in [6.07, 6.45) is 0. The van der Waals surface area contributed by atoms with Crippen LogP contribution in [0.3, 0.4) is 0 Å². The van der Waals surface area contributed by atoms with Gasteiger partial charge in [0.1, 0.15) is 5.15 Å². The Labute approximate surface area is 92.1 Å². The van der Waals surface area contributed by atoms with Gasteiger partial charge in [0.05, 0.1) is 11.4 Å². The summed E-state index contributed by atoms with van der Waals surface area (Å²) in [5, 5.41) is 5.51. The largest absolute Gasteiger partial charge is 0.222 e. The highest BCUT2D eigenvalue weighted by Gasteiger charge is 2.04. The predicted molar refractivity (Wildman–Crippen MR) is 58.3 cm³/mol. The summed E-state index contributed by atoms with van der Waals surface area (Å²) in [4.78, 5) is 0. The first-order valence-electron chi connectivity index (χ1n) is 4.15. The van der Waals surface area contributed by atoms with Crippen LogP contribution in [0.5, 0.6) is 0 Å². The normalized spacial score (nSPS) is 10.5. The zero-order chi connectivity index (χ0) is 10.1. The minimum atomic E-state index is 0.588. The molecule has 1 aromatic carbocycles. The quantitative estimate of drug-likeness (QED) is 0.729. The second-order valence-corrected chi connectivity index (χ2v) is 3.82. The topological polar surface area (TPSA) is 17.8 Å². The van der Waals surface area contributed by atoms with Crippen molar-refractivity contribution in [3.05, 3.63) is 46.2 Å². The molecule has 0 amide bonds. The molecule has 0 spiro atoms. The molecular weight excluding hydrogens is 219 g/mol. The molecule has 0 saturated carbocycles. The fourth-order valence-corrected chi connectivity index (χ4v) is 1.73. The molecule has 0 fully saturated rings. The van der Waals surface area contributed by atoms with Gasteiger partial charge in [-0.1, -0.05) is 29.3 Å². The molecule has 0 radical (unpaired) electrons. The van der Waals surface area contributed by atoms with Gasteiger partial charge in [0.2, 0.25) is 0 Å². The van der Waals surface area contributed by atoms with Crippen LogP contribution in [0.2, 0.25) is 10.2 Å². The Morgan fingerprint density at radius 2 is 2.00 bits per heavy atom. The van der Waals surface area contributed by atoms with Crippen LogP contribution in [0.4, 0.5) is 0 Å². The van der Waals surface area contributed by atoms with Gasteiger partial charge in [-0.25, -0.2) is 4.68 Å². The summed E-state index contributed by atoms with van der Waals surface area (Å²) >= 11 is 11.9. The number of benzene rings is 1. The Morgan fingerprint density at radius 3 is 2.57 bits per heavy atom. The lowest BCUT2D eigenvalue weighted by atomic mass is 10.3. The molecule has 2 rings (SSSR count). The van der Waals surface area contributed by atoms with E-state index < -0.39 is 0 Å². The molecule has 0 bridgehead atoms. The molecule has 0 aliphatic rings. The summed E-state index contributed by atoms with van der Waals surface area (Å²) in [5.41, 5.74) is 1.76. The molecule has 0 unspecified atom stereocenters. The van der Waals surface area contributed by atoms with Gasteiger partial charge in [-0.15, -0.1) is 0 Å². The minimum Gasteiger partial charge on any atom is -0.222 e. The van der Waals surface area contributed by atoms with Gasteiger partial charge >= 0.3 is 0 Å². The van der Waals surface area contributed by atoms with Crippen LogP contribution in [-0.2, 0) is 0 Å². The van der Waals surface area contributed by atoms with Gasteiger partial charge in [0, 0.05) is 5.02 Å². The van der Waals surface area contributed by atoms with E-state index in [9.17, 15) is 0 Å².